The summed E-state index contributed by atoms with van der Waals surface area (Å²) >= 11 is 0. The zero-order valence-electron chi connectivity index (χ0n) is 14.6. The molecule has 1 aliphatic heterocycles. The fourth-order valence-electron chi connectivity index (χ4n) is 3.03. The number of nitrogens with zero attached hydrogens (tertiary/aromatic N) is 3. The van der Waals surface area contributed by atoms with Crippen molar-refractivity contribution < 1.29 is 8.42 Å². The van der Waals surface area contributed by atoms with Crippen LogP contribution in [0.15, 0.2) is 41.6 Å². The molecule has 2 aromatic rings. The Labute approximate surface area is 149 Å². The van der Waals surface area contributed by atoms with Gasteiger partial charge in [-0.05, 0) is 43.9 Å². The quantitative estimate of drug-likeness (QED) is 0.887. The maximum Gasteiger partial charge on any atom is 0.243 e. The SMILES string of the molecule is CCc1ccc(S(=O)(=O)N2CCC(Nc3cc(C)ncn3)CC2)cc1. The molecule has 3 rings (SSSR count). The van der Waals surface area contributed by atoms with Gasteiger partial charge in [-0.2, -0.15) is 4.31 Å². The molecule has 7 heteroatoms. The highest BCUT2D eigenvalue weighted by molar-refractivity contribution is 7.89. The number of sulfonamides is 1. The molecule has 0 aliphatic carbocycles. The van der Waals surface area contributed by atoms with Crippen LogP contribution < -0.4 is 5.32 Å². The number of aromatic nitrogens is 2. The summed E-state index contributed by atoms with van der Waals surface area (Å²) in [5.74, 6) is 0.795. The smallest absolute Gasteiger partial charge is 0.243 e. The van der Waals surface area contributed by atoms with Gasteiger partial charge in [-0.15, -0.1) is 0 Å². The van der Waals surface area contributed by atoms with Crippen LogP contribution in [0.3, 0.4) is 0 Å². The summed E-state index contributed by atoms with van der Waals surface area (Å²) < 4.78 is 27.1. The topological polar surface area (TPSA) is 75.2 Å². The van der Waals surface area contributed by atoms with Crippen LogP contribution in [0.25, 0.3) is 0 Å². The minimum atomic E-state index is -3.41. The van der Waals surface area contributed by atoms with Gasteiger partial charge in [0, 0.05) is 30.9 Å². The number of aryl methyl sites for hydroxylation is 2. The summed E-state index contributed by atoms with van der Waals surface area (Å²) in [6.45, 7) is 5.01. The fraction of sp³-hybridized carbons (Fsp3) is 0.444. The van der Waals surface area contributed by atoms with E-state index in [1.807, 2.05) is 25.1 Å². The highest BCUT2D eigenvalue weighted by Crippen LogP contribution is 2.22. The van der Waals surface area contributed by atoms with Crippen LogP contribution in [-0.4, -0.2) is 41.8 Å². The van der Waals surface area contributed by atoms with Crippen LogP contribution >= 0.6 is 0 Å². The van der Waals surface area contributed by atoms with Gasteiger partial charge in [0.15, 0.2) is 0 Å². The van der Waals surface area contributed by atoms with E-state index in [1.54, 1.807) is 16.4 Å². The molecule has 0 bridgehead atoms. The summed E-state index contributed by atoms with van der Waals surface area (Å²) in [5, 5.41) is 3.38. The zero-order valence-corrected chi connectivity index (χ0v) is 15.5. The van der Waals surface area contributed by atoms with Crippen LogP contribution in [0.5, 0.6) is 0 Å². The first-order chi connectivity index (χ1) is 12.0. The molecule has 1 saturated heterocycles. The van der Waals surface area contributed by atoms with Gasteiger partial charge in [0.25, 0.3) is 0 Å². The molecule has 0 amide bonds. The Morgan fingerprint density at radius 1 is 1.16 bits per heavy atom. The number of piperidine rings is 1. The summed E-state index contributed by atoms with van der Waals surface area (Å²) in [6.07, 6.45) is 3.96. The highest BCUT2D eigenvalue weighted by Gasteiger charge is 2.29. The maximum atomic E-state index is 12.8. The lowest BCUT2D eigenvalue weighted by atomic mass is 10.1. The predicted octanol–water partition coefficient (Wildman–Crippen LogP) is 2.61. The molecular weight excluding hydrogens is 336 g/mol. The van der Waals surface area contributed by atoms with Crippen molar-refractivity contribution in [2.75, 3.05) is 18.4 Å². The largest absolute Gasteiger partial charge is 0.367 e. The minimum absolute atomic E-state index is 0.225. The van der Waals surface area contributed by atoms with Crippen LogP contribution in [0.4, 0.5) is 5.82 Å². The van der Waals surface area contributed by atoms with Gasteiger partial charge in [0.1, 0.15) is 12.1 Å². The molecule has 0 atom stereocenters. The third kappa shape index (κ3) is 4.16. The first-order valence-corrected chi connectivity index (χ1v) is 10.1. The molecule has 2 heterocycles. The van der Waals surface area contributed by atoms with E-state index in [1.165, 1.54) is 6.33 Å². The van der Waals surface area contributed by atoms with Crippen molar-refractivity contribution in [3.05, 3.63) is 47.9 Å². The first kappa shape index (κ1) is 17.8. The monoisotopic (exact) mass is 360 g/mol. The highest BCUT2D eigenvalue weighted by atomic mass is 32.2. The molecule has 1 aromatic carbocycles. The molecule has 0 radical (unpaired) electrons. The van der Waals surface area contributed by atoms with Crippen molar-refractivity contribution in [3.63, 3.8) is 0 Å². The minimum Gasteiger partial charge on any atom is -0.367 e. The summed E-state index contributed by atoms with van der Waals surface area (Å²) in [7, 11) is -3.41. The third-order valence-corrected chi connectivity index (χ3v) is 6.49. The van der Waals surface area contributed by atoms with Gasteiger partial charge in [-0.1, -0.05) is 19.1 Å². The Kier molecular flexibility index (Phi) is 5.34. The average molecular weight is 360 g/mol. The standard InChI is InChI=1S/C18H24N4O2S/c1-3-15-4-6-17(7-5-15)25(23,24)22-10-8-16(9-11-22)21-18-12-14(2)19-13-20-18/h4-7,12-13,16H,3,8-11H2,1-2H3,(H,19,20,21). The van der Waals surface area contributed by atoms with Gasteiger partial charge >= 0.3 is 0 Å². The lowest BCUT2D eigenvalue weighted by Gasteiger charge is -2.31. The van der Waals surface area contributed by atoms with Crippen molar-refractivity contribution in [2.24, 2.45) is 0 Å². The van der Waals surface area contributed by atoms with E-state index in [4.69, 9.17) is 0 Å². The van der Waals surface area contributed by atoms with Crippen LogP contribution in [0.1, 0.15) is 31.0 Å². The van der Waals surface area contributed by atoms with Gasteiger partial charge in [0.05, 0.1) is 4.90 Å². The van der Waals surface area contributed by atoms with E-state index in [9.17, 15) is 8.42 Å². The molecule has 1 N–H and O–H groups in total. The van der Waals surface area contributed by atoms with Crippen molar-refractivity contribution in [3.8, 4) is 0 Å². The number of rotatable bonds is 5. The second-order valence-corrected chi connectivity index (χ2v) is 8.30. The van der Waals surface area contributed by atoms with E-state index in [-0.39, 0.29) is 6.04 Å². The molecule has 0 saturated carbocycles. The van der Waals surface area contributed by atoms with Crippen LogP contribution in [-0.2, 0) is 16.4 Å². The van der Waals surface area contributed by atoms with E-state index >= 15 is 0 Å². The average Bonchev–Trinajstić information content (AvgIpc) is 2.62. The molecule has 1 aromatic heterocycles. The third-order valence-electron chi connectivity index (χ3n) is 4.58. The van der Waals surface area contributed by atoms with Crippen molar-refractivity contribution in [1.29, 1.82) is 0 Å². The molecule has 6 nitrogen and oxygen atoms in total. The number of hydrogen-bond acceptors (Lipinski definition) is 5. The van der Waals surface area contributed by atoms with E-state index < -0.39 is 10.0 Å². The van der Waals surface area contributed by atoms with Crippen molar-refractivity contribution >= 4 is 15.8 Å². The normalized spacial score (nSPS) is 16.7. The van der Waals surface area contributed by atoms with Gasteiger partial charge in [-0.25, -0.2) is 18.4 Å². The summed E-state index contributed by atoms with van der Waals surface area (Å²) in [6, 6.07) is 9.32. The molecule has 25 heavy (non-hydrogen) atoms. The Bertz CT molecular complexity index is 813. The maximum absolute atomic E-state index is 12.8. The second-order valence-electron chi connectivity index (χ2n) is 6.36. The lowest BCUT2D eigenvalue weighted by molar-refractivity contribution is 0.329. The molecule has 1 fully saturated rings. The summed E-state index contributed by atoms with van der Waals surface area (Å²) in [5.41, 5.74) is 2.05. The fourth-order valence-corrected chi connectivity index (χ4v) is 4.50. The number of anilines is 1. The van der Waals surface area contributed by atoms with Crippen molar-refractivity contribution in [1.82, 2.24) is 14.3 Å². The Morgan fingerprint density at radius 3 is 2.44 bits per heavy atom. The van der Waals surface area contributed by atoms with Gasteiger partial charge in [-0.3, -0.25) is 0 Å². The Morgan fingerprint density at radius 2 is 1.84 bits per heavy atom. The second kappa shape index (κ2) is 7.49. The van der Waals surface area contributed by atoms with Gasteiger partial charge < -0.3 is 5.32 Å². The number of benzene rings is 1. The lowest BCUT2D eigenvalue weighted by Crippen LogP contribution is -2.42. The zero-order chi connectivity index (χ0) is 17.9. The summed E-state index contributed by atoms with van der Waals surface area (Å²) in [4.78, 5) is 8.67. The van der Waals surface area contributed by atoms with Crippen LogP contribution in [0, 0.1) is 6.92 Å². The predicted molar refractivity (Wildman–Crippen MR) is 98.0 cm³/mol. The van der Waals surface area contributed by atoms with E-state index in [0.717, 1.165) is 36.3 Å². The van der Waals surface area contributed by atoms with Gasteiger partial charge in [0.2, 0.25) is 10.0 Å². The van der Waals surface area contributed by atoms with Crippen molar-refractivity contribution in [2.45, 2.75) is 44.0 Å². The first-order valence-electron chi connectivity index (χ1n) is 8.63. The molecule has 0 spiro atoms. The molecule has 0 unspecified atom stereocenters. The molecule has 134 valence electrons. The Balaban J connectivity index is 1.62. The molecular formula is C18H24N4O2S. The number of hydrogen-bond donors (Lipinski definition) is 1. The molecule has 1 aliphatic rings. The Hall–Kier alpha value is -1.99. The number of nitrogens with one attached hydrogen (secondary N) is 1. The van der Waals surface area contributed by atoms with E-state index in [0.29, 0.717) is 18.0 Å². The van der Waals surface area contributed by atoms with E-state index in [2.05, 4.69) is 22.2 Å². The van der Waals surface area contributed by atoms with Crippen LogP contribution in [0.2, 0.25) is 0 Å².